The van der Waals surface area contributed by atoms with Crippen molar-refractivity contribution in [2.75, 3.05) is 26.7 Å². The summed E-state index contributed by atoms with van der Waals surface area (Å²) in [4.78, 5) is 9.15. The summed E-state index contributed by atoms with van der Waals surface area (Å²) in [5, 5.41) is 10.8. The van der Waals surface area contributed by atoms with Crippen molar-refractivity contribution in [3.05, 3.63) is 54.7 Å². The summed E-state index contributed by atoms with van der Waals surface area (Å²) >= 11 is 0. The van der Waals surface area contributed by atoms with Gasteiger partial charge >= 0.3 is 0 Å². The normalized spacial score (nSPS) is 11.1. The van der Waals surface area contributed by atoms with E-state index in [1.165, 1.54) is 0 Å². The summed E-state index contributed by atoms with van der Waals surface area (Å²) in [6.45, 7) is 5.48. The first-order valence-electron chi connectivity index (χ1n) is 10.9. The standard InChI is InChI=1S/C23H32N6O2.HI/c1-3-24-23(26-15-18-29-16-7-8-17-29)25-14-6-4-5-9-21-27-22(28-31-21)19-10-12-20(30-2)13-11-19;/h7-8,10-13,16-17H,3-6,9,14-15,18H2,1-2H3,(H2,24,25,26);1H. The molecule has 32 heavy (non-hydrogen) atoms. The van der Waals surface area contributed by atoms with Crippen molar-refractivity contribution in [3.8, 4) is 17.1 Å². The SMILES string of the molecule is CCNC(=NCCCCCc1nc(-c2ccc(OC)cc2)no1)NCCn1cccc1.I. The third kappa shape index (κ3) is 8.52. The molecular weight excluding hydrogens is 519 g/mol. The Morgan fingerprint density at radius 3 is 2.59 bits per heavy atom. The Kier molecular flexibility index (Phi) is 11.6. The third-order valence-electron chi connectivity index (χ3n) is 4.81. The van der Waals surface area contributed by atoms with Gasteiger partial charge in [0.1, 0.15) is 5.75 Å². The van der Waals surface area contributed by atoms with Crippen LogP contribution in [0.1, 0.15) is 32.1 Å². The average molecular weight is 552 g/mol. The number of halogens is 1. The van der Waals surface area contributed by atoms with Gasteiger partial charge in [-0.05, 0) is 56.2 Å². The number of unbranched alkanes of at least 4 members (excludes halogenated alkanes) is 2. The van der Waals surface area contributed by atoms with Crippen LogP contribution < -0.4 is 15.4 Å². The molecule has 3 aromatic rings. The molecule has 3 rings (SSSR count). The third-order valence-corrected chi connectivity index (χ3v) is 4.81. The van der Waals surface area contributed by atoms with E-state index >= 15 is 0 Å². The number of nitrogens with one attached hydrogen (secondary N) is 2. The molecule has 2 heterocycles. The molecule has 1 aromatic carbocycles. The molecule has 0 amide bonds. The number of ether oxygens (including phenoxy) is 1. The highest BCUT2D eigenvalue weighted by Crippen LogP contribution is 2.20. The van der Waals surface area contributed by atoms with Crippen LogP contribution in [0.2, 0.25) is 0 Å². The van der Waals surface area contributed by atoms with Crippen LogP contribution >= 0.6 is 24.0 Å². The zero-order valence-electron chi connectivity index (χ0n) is 18.8. The van der Waals surface area contributed by atoms with Crippen LogP contribution in [0.25, 0.3) is 11.4 Å². The molecule has 2 N–H and O–H groups in total. The minimum atomic E-state index is 0. The topological polar surface area (TPSA) is 89.5 Å². The molecule has 0 radical (unpaired) electrons. The van der Waals surface area contributed by atoms with Crippen LogP contribution in [0.3, 0.4) is 0 Å². The molecule has 174 valence electrons. The van der Waals surface area contributed by atoms with Gasteiger partial charge in [-0.25, -0.2) is 0 Å². The van der Waals surface area contributed by atoms with Gasteiger partial charge in [-0.3, -0.25) is 4.99 Å². The fraction of sp³-hybridized carbons (Fsp3) is 0.435. The summed E-state index contributed by atoms with van der Waals surface area (Å²) in [6, 6.07) is 11.7. The fourth-order valence-corrected chi connectivity index (χ4v) is 3.13. The van der Waals surface area contributed by atoms with E-state index in [0.717, 1.165) is 69.1 Å². The minimum Gasteiger partial charge on any atom is -0.497 e. The lowest BCUT2D eigenvalue weighted by atomic mass is 10.2. The molecule has 0 unspecified atom stereocenters. The number of aryl methyl sites for hydroxylation is 1. The van der Waals surface area contributed by atoms with E-state index < -0.39 is 0 Å². The fourth-order valence-electron chi connectivity index (χ4n) is 3.13. The van der Waals surface area contributed by atoms with Gasteiger partial charge in [0.05, 0.1) is 7.11 Å². The van der Waals surface area contributed by atoms with E-state index in [0.29, 0.717) is 11.7 Å². The molecule has 2 aromatic heterocycles. The van der Waals surface area contributed by atoms with Gasteiger partial charge in [0.25, 0.3) is 0 Å². The van der Waals surface area contributed by atoms with Crippen molar-refractivity contribution >= 4 is 29.9 Å². The van der Waals surface area contributed by atoms with Crippen molar-refractivity contribution in [2.45, 2.75) is 39.2 Å². The first-order valence-corrected chi connectivity index (χ1v) is 10.9. The zero-order chi connectivity index (χ0) is 21.7. The first kappa shape index (κ1) is 25.7. The maximum Gasteiger partial charge on any atom is 0.226 e. The number of aliphatic imine (C=N–C) groups is 1. The van der Waals surface area contributed by atoms with Gasteiger partial charge < -0.3 is 24.5 Å². The highest BCUT2D eigenvalue weighted by molar-refractivity contribution is 14.0. The monoisotopic (exact) mass is 552 g/mol. The summed E-state index contributed by atoms with van der Waals surface area (Å²) in [7, 11) is 1.65. The lowest BCUT2D eigenvalue weighted by molar-refractivity contribution is 0.374. The maximum atomic E-state index is 5.39. The molecule has 0 aliphatic heterocycles. The predicted octanol–water partition coefficient (Wildman–Crippen LogP) is 4.13. The smallest absolute Gasteiger partial charge is 0.226 e. The van der Waals surface area contributed by atoms with E-state index in [1.54, 1.807) is 7.11 Å². The second kappa shape index (κ2) is 14.5. The van der Waals surface area contributed by atoms with Crippen molar-refractivity contribution in [1.29, 1.82) is 0 Å². The van der Waals surface area contributed by atoms with Crippen molar-refractivity contribution in [3.63, 3.8) is 0 Å². The Morgan fingerprint density at radius 1 is 1.09 bits per heavy atom. The van der Waals surface area contributed by atoms with Crippen LogP contribution in [-0.4, -0.2) is 47.4 Å². The molecule has 0 aliphatic rings. The number of rotatable bonds is 12. The van der Waals surface area contributed by atoms with Crippen molar-refractivity contribution in [1.82, 2.24) is 25.3 Å². The Hall–Kier alpha value is -2.56. The number of guanidine groups is 1. The predicted molar refractivity (Wildman–Crippen MR) is 138 cm³/mol. The van der Waals surface area contributed by atoms with E-state index in [-0.39, 0.29) is 24.0 Å². The van der Waals surface area contributed by atoms with E-state index in [9.17, 15) is 0 Å². The molecule has 8 nitrogen and oxygen atoms in total. The van der Waals surface area contributed by atoms with E-state index in [4.69, 9.17) is 9.26 Å². The van der Waals surface area contributed by atoms with E-state index in [1.807, 2.05) is 36.4 Å². The molecule has 0 bridgehead atoms. The van der Waals surface area contributed by atoms with Crippen molar-refractivity contribution < 1.29 is 9.26 Å². The van der Waals surface area contributed by atoms with Gasteiger partial charge in [-0.2, -0.15) is 4.98 Å². The highest BCUT2D eigenvalue weighted by Gasteiger charge is 2.08. The number of methoxy groups -OCH3 is 1. The summed E-state index contributed by atoms with van der Waals surface area (Å²) in [5.41, 5.74) is 0.922. The van der Waals surface area contributed by atoms with Crippen LogP contribution in [-0.2, 0) is 13.0 Å². The summed E-state index contributed by atoms with van der Waals surface area (Å²) in [6.07, 6.45) is 7.99. The lowest BCUT2D eigenvalue weighted by Crippen LogP contribution is -2.38. The largest absolute Gasteiger partial charge is 0.497 e. The molecule has 0 aliphatic carbocycles. The number of hydrogen-bond donors (Lipinski definition) is 2. The lowest BCUT2D eigenvalue weighted by Gasteiger charge is -2.11. The summed E-state index contributed by atoms with van der Waals surface area (Å²) in [5.74, 6) is 2.97. The first-order chi connectivity index (χ1) is 15.3. The Morgan fingerprint density at radius 2 is 1.88 bits per heavy atom. The average Bonchev–Trinajstić information content (AvgIpc) is 3.48. The quantitative estimate of drug-likeness (QED) is 0.152. The van der Waals surface area contributed by atoms with Gasteiger partial charge in [0, 0.05) is 50.6 Å². The zero-order valence-corrected chi connectivity index (χ0v) is 21.1. The molecular formula is C23H33IN6O2. The van der Waals surface area contributed by atoms with Gasteiger partial charge in [0.15, 0.2) is 5.96 Å². The highest BCUT2D eigenvalue weighted by atomic mass is 127. The van der Waals surface area contributed by atoms with Crippen LogP contribution in [0.4, 0.5) is 0 Å². The second-order valence-electron chi connectivity index (χ2n) is 7.16. The van der Waals surface area contributed by atoms with Gasteiger partial charge in [0.2, 0.25) is 11.7 Å². The number of hydrogen-bond acceptors (Lipinski definition) is 5. The van der Waals surface area contributed by atoms with Crippen molar-refractivity contribution in [2.24, 2.45) is 4.99 Å². The molecule has 0 spiro atoms. The molecule has 0 fully saturated rings. The Bertz CT molecular complexity index is 909. The number of benzene rings is 1. The number of nitrogens with zero attached hydrogens (tertiary/aromatic N) is 4. The molecule has 0 saturated heterocycles. The second-order valence-corrected chi connectivity index (χ2v) is 7.16. The van der Waals surface area contributed by atoms with Gasteiger partial charge in [-0.1, -0.05) is 11.6 Å². The molecule has 0 saturated carbocycles. The van der Waals surface area contributed by atoms with E-state index in [2.05, 4.69) is 49.7 Å². The van der Waals surface area contributed by atoms with Crippen LogP contribution in [0.15, 0.2) is 58.3 Å². The number of aromatic nitrogens is 3. The van der Waals surface area contributed by atoms with Crippen LogP contribution in [0, 0.1) is 0 Å². The Labute approximate surface area is 206 Å². The van der Waals surface area contributed by atoms with Crippen LogP contribution in [0.5, 0.6) is 5.75 Å². The van der Waals surface area contributed by atoms with Gasteiger partial charge in [-0.15, -0.1) is 24.0 Å². The molecule has 9 heteroatoms. The summed E-state index contributed by atoms with van der Waals surface area (Å²) < 4.78 is 12.7. The minimum absolute atomic E-state index is 0. The Balaban J connectivity index is 0.00000363. The maximum absolute atomic E-state index is 5.39. The molecule has 0 atom stereocenters.